The number of hydrogen-bond donors (Lipinski definition) is 0. The fourth-order valence-electron chi connectivity index (χ4n) is 4.71. The maximum Gasteiger partial charge on any atom is 0.0431 e. The highest BCUT2D eigenvalue weighted by molar-refractivity contribution is 5.85. The van der Waals surface area contributed by atoms with Gasteiger partial charge in [0.1, 0.15) is 0 Å². The van der Waals surface area contributed by atoms with E-state index in [4.69, 9.17) is 0 Å². The Hall–Kier alpha value is -3.00. The van der Waals surface area contributed by atoms with Gasteiger partial charge in [0.15, 0.2) is 0 Å². The Kier molecular flexibility index (Phi) is 7.32. The zero-order chi connectivity index (χ0) is 22.3. The molecule has 0 radical (unpaired) electrons. The summed E-state index contributed by atoms with van der Waals surface area (Å²) in [6.07, 6.45) is 4.96. The van der Waals surface area contributed by atoms with E-state index in [1.165, 1.54) is 46.9 Å². The minimum absolute atomic E-state index is 0.977. The molecule has 32 heavy (non-hydrogen) atoms. The third-order valence-electron chi connectivity index (χ3n) is 6.74. The lowest BCUT2D eigenvalue weighted by molar-refractivity contribution is 0.349. The first-order valence-corrected chi connectivity index (χ1v) is 12.2. The largest absolute Gasteiger partial charge is 0.372 e. The molecule has 0 saturated heterocycles. The number of fused-ring (bicyclic) bond motifs is 1. The standard InChI is InChI=1S/C30H36N2/c1-4-31(24(3)28-20-19-25-13-9-10-16-29(25)23-28)21-12-22-32(5-2)30(27-17-11-18-27)26-14-7-6-8-15-26/h6-10,13-16,19-20,23H,3-5,11-12,17-18,21-22H2,1-2H3. The van der Waals surface area contributed by atoms with Gasteiger partial charge in [-0.25, -0.2) is 0 Å². The van der Waals surface area contributed by atoms with Gasteiger partial charge in [0.2, 0.25) is 0 Å². The molecule has 3 aromatic carbocycles. The average Bonchev–Trinajstić information content (AvgIpc) is 2.82. The van der Waals surface area contributed by atoms with Crippen molar-refractivity contribution in [1.82, 2.24) is 9.80 Å². The van der Waals surface area contributed by atoms with Crippen molar-refractivity contribution in [3.8, 4) is 0 Å². The predicted molar refractivity (Wildman–Crippen MR) is 139 cm³/mol. The van der Waals surface area contributed by atoms with Crippen LogP contribution < -0.4 is 0 Å². The second-order valence-electron chi connectivity index (χ2n) is 8.69. The van der Waals surface area contributed by atoms with E-state index in [1.54, 1.807) is 5.57 Å². The molecule has 0 heterocycles. The van der Waals surface area contributed by atoms with E-state index in [0.717, 1.165) is 38.3 Å². The van der Waals surface area contributed by atoms with Gasteiger partial charge in [-0.1, -0.05) is 73.3 Å². The van der Waals surface area contributed by atoms with Crippen molar-refractivity contribution in [2.75, 3.05) is 26.2 Å². The van der Waals surface area contributed by atoms with Crippen molar-refractivity contribution in [2.45, 2.75) is 39.5 Å². The van der Waals surface area contributed by atoms with Crippen molar-refractivity contribution in [3.05, 3.63) is 96.1 Å². The van der Waals surface area contributed by atoms with Crippen LogP contribution >= 0.6 is 0 Å². The maximum absolute atomic E-state index is 4.46. The first-order chi connectivity index (χ1) is 15.7. The normalized spacial score (nSPS) is 13.0. The topological polar surface area (TPSA) is 6.48 Å². The molecule has 1 aliphatic rings. The smallest absolute Gasteiger partial charge is 0.0431 e. The average molecular weight is 425 g/mol. The Morgan fingerprint density at radius 2 is 1.41 bits per heavy atom. The zero-order valence-corrected chi connectivity index (χ0v) is 19.7. The SMILES string of the molecule is C=C(c1ccc2ccccc2c1)N(CC)CCCN(CC)C(=C1CCC1)c1ccccc1. The molecule has 1 fully saturated rings. The van der Waals surface area contributed by atoms with E-state index >= 15 is 0 Å². The lowest BCUT2D eigenvalue weighted by Crippen LogP contribution is -2.29. The Labute approximate surface area is 193 Å². The highest BCUT2D eigenvalue weighted by atomic mass is 15.2. The number of hydrogen-bond acceptors (Lipinski definition) is 2. The molecule has 3 aromatic rings. The quantitative estimate of drug-likeness (QED) is 0.334. The highest BCUT2D eigenvalue weighted by Crippen LogP contribution is 2.35. The molecule has 0 unspecified atom stereocenters. The summed E-state index contributed by atoms with van der Waals surface area (Å²) >= 11 is 0. The number of benzene rings is 3. The first kappa shape index (κ1) is 22.2. The highest BCUT2D eigenvalue weighted by Gasteiger charge is 2.20. The first-order valence-electron chi connectivity index (χ1n) is 12.2. The summed E-state index contributed by atoms with van der Waals surface area (Å²) in [6.45, 7) is 13.1. The Balaban J connectivity index is 1.43. The van der Waals surface area contributed by atoms with Crippen LogP contribution in [0.25, 0.3) is 22.2 Å². The molecule has 0 spiro atoms. The number of nitrogens with zero attached hydrogens (tertiary/aromatic N) is 2. The van der Waals surface area contributed by atoms with Crippen LogP contribution in [0.5, 0.6) is 0 Å². The van der Waals surface area contributed by atoms with Crippen molar-refractivity contribution >= 4 is 22.2 Å². The molecule has 0 N–H and O–H groups in total. The molecule has 0 aliphatic heterocycles. The van der Waals surface area contributed by atoms with Crippen LogP contribution in [-0.4, -0.2) is 36.0 Å². The molecular weight excluding hydrogens is 388 g/mol. The molecule has 0 atom stereocenters. The fraction of sp³-hybridized carbons (Fsp3) is 0.333. The van der Waals surface area contributed by atoms with Gasteiger partial charge in [0.05, 0.1) is 0 Å². The van der Waals surface area contributed by atoms with E-state index in [0.29, 0.717) is 0 Å². The minimum Gasteiger partial charge on any atom is -0.372 e. The minimum atomic E-state index is 0.977. The van der Waals surface area contributed by atoms with Crippen LogP contribution in [-0.2, 0) is 0 Å². The summed E-state index contributed by atoms with van der Waals surface area (Å²) in [5.74, 6) is 0. The van der Waals surface area contributed by atoms with Crippen molar-refractivity contribution in [1.29, 1.82) is 0 Å². The molecule has 0 aromatic heterocycles. The van der Waals surface area contributed by atoms with Gasteiger partial charge in [0, 0.05) is 37.6 Å². The maximum atomic E-state index is 4.46. The van der Waals surface area contributed by atoms with E-state index in [2.05, 4.69) is 103 Å². The lowest BCUT2D eigenvalue weighted by Gasteiger charge is -2.33. The zero-order valence-electron chi connectivity index (χ0n) is 19.7. The van der Waals surface area contributed by atoms with E-state index < -0.39 is 0 Å². The van der Waals surface area contributed by atoms with Crippen molar-refractivity contribution < 1.29 is 0 Å². The summed E-state index contributed by atoms with van der Waals surface area (Å²) in [5.41, 5.74) is 6.83. The van der Waals surface area contributed by atoms with E-state index in [-0.39, 0.29) is 0 Å². The van der Waals surface area contributed by atoms with Crippen molar-refractivity contribution in [2.24, 2.45) is 0 Å². The van der Waals surface area contributed by atoms with Gasteiger partial charge in [0.25, 0.3) is 0 Å². The Morgan fingerprint density at radius 1 is 0.750 bits per heavy atom. The third kappa shape index (κ3) is 4.91. The molecule has 1 aliphatic carbocycles. The van der Waals surface area contributed by atoms with E-state index in [9.17, 15) is 0 Å². The van der Waals surface area contributed by atoms with Crippen LogP contribution in [0.4, 0.5) is 0 Å². The summed E-state index contributed by atoms with van der Waals surface area (Å²) < 4.78 is 0. The van der Waals surface area contributed by atoms with Gasteiger partial charge in [-0.15, -0.1) is 0 Å². The Morgan fingerprint density at radius 3 is 2.06 bits per heavy atom. The van der Waals surface area contributed by atoms with Crippen molar-refractivity contribution in [3.63, 3.8) is 0 Å². The lowest BCUT2D eigenvalue weighted by atomic mass is 9.87. The molecule has 0 bridgehead atoms. The summed E-state index contributed by atoms with van der Waals surface area (Å²) in [6, 6.07) is 26.2. The molecule has 0 amide bonds. The third-order valence-corrected chi connectivity index (χ3v) is 6.74. The molecule has 2 heteroatoms. The van der Waals surface area contributed by atoms with Crippen LogP contribution in [0.3, 0.4) is 0 Å². The number of rotatable bonds is 10. The fourth-order valence-corrected chi connectivity index (χ4v) is 4.71. The Bertz CT molecular complexity index is 1070. The monoisotopic (exact) mass is 424 g/mol. The van der Waals surface area contributed by atoms with E-state index in [1.807, 2.05) is 0 Å². The number of allylic oxidation sites excluding steroid dienone is 1. The summed E-state index contributed by atoms with van der Waals surface area (Å²) in [7, 11) is 0. The molecule has 4 rings (SSSR count). The predicted octanol–water partition coefficient (Wildman–Crippen LogP) is 7.44. The molecular formula is C30H36N2. The van der Waals surface area contributed by atoms with Crippen LogP contribution in [0.2, 0.25) is 0 Å². The second-order valence-corrected chi connectivity index (χ2v) is 8.69. The molecule has 2 nitrogen and oxygen atoms in total. The molecule has 166 valence electrons. The summed E-state index contributed by atoms with van der Waals surface area (Å²) in [5, 5.41) is 2.56. The molecule has 1 saturated carbocycles. The second kappa shape index (κ2) is 10.5. The van der Waals surface area contributed by atoms with Gasteiger partial charge >= 0.3 is 0 Å². The van der Waals surface area contributed by atoms with Crippen LogP contribution in [0, 0.1) is 0 Å². The van der Waals surface area contributed by atoms with Gasteiger partial charge < -0.3 is 9.80 Å². The van der Waals surface area contributed by atoms with Crippen LogP contribution in [0.1, 0.15) is 50.7 Å². The summed E-state index contributed by atoms with van der Waals surface area (Å²) in [4.78, 5) is 5.02. The van der Waals surface area contributed by atoms with Crippen LogP contribution in [0.15, 0.2) is 84.9 Å². The van der Waals surface area contributed by atoms with Gasteiger partial charge in [-0.2, -0.15) is 0 Å². The van der Waals surface area contributed by atoms with Gasteiger partial charge in [-0.05, 0) is 73.1 Å². The van der Waals surface area contributed by atoms with Gasteiger partial charge in [-0.3, -0.25) is 0 Å².